The summed E-state index contributed by atoms with van der Waals surface area (Å²) in [4.78, 5) is 0. The van der Waals surface area contributed by atoms with Gasteiger partial charge >= 0.3 is 26.2 Å². The third kappa shape index (κ3) is 11.6. The molecule has 2 saturated carbocycles. The normalized spacial score (nSPS) is 29.2. The zero-order valence-electron chi connectivity index (χ0n) is 17.4. The van der Waals surface area contributed by atoms with E-state index in [0.29, 0.717) is 9.04 Å². The van der Waals surface area contributed by atoms with Gasteiger partial charge in [-0.05, 0) is 11.8 Å². The van der Waals surface area contributed by atoms with E-state index in [1.165, 1.54) is 25.7 Å². The van der Waals surface area contributed by atoms with Crippen molar-refractivity contribution in [3.8, 4) is 0 Å². The molecule has 4 rings (SSSR count). The van der Waals surface area contributed by atoms with Gasteiger partial charge < -0.3 is 37.7 Å². The summed E-state index contributed by atoms with van der Waals surface area (Å²) in [5.74, 6) is 3.23. The molecular weight excluding hydrogens is 483 g/mol. The molecule has 0 amide bonds. The molecule has 0 N–H and O–H groups in total. The third-order valence-corrected chi connectivity index (χ3v) is 14.0. The molecule has 0 aromatic rings. The standard InChI is InChI=1S/2C9H11.C4H14Si2.2ClH.Zr/c2*1-2-5-9-7-3-6-8(9)4-1;1-5-6(2,3)4;;;/h2*1-2,4-6,8-9H,3,7H2;5H2,1-4H3;2*1H;/q2*-1;;;;+4/p-2. The molecule has 5 heteroatoms. The van der Waals surface area contributed by atoms with Crippen molar-refractivity contribution in [3.05, 3.63) is 61.4 Å². The van der Waals surface area contributed by atoms with Crippen molar-refractivity contribution in [2.24, 2.45) is 23.7 Å². The van der Waals surface area contributed by atoms with Crippen LogP contribution in [0.15, 0.2) is 48.6 Å². The number of hydrogen-bond acceptors (Lipinski definition) is 0. The molecule has 0 saturated heterocycles. The summed E-state index contributed by atoms with van der Waals surface area (Å²) >= 11 is 0. The predicted molar refractivity (Wildman–Crippen MR) is 115 cm³/mol. The van der Waals surface area contributed by atoms with Gasteiger partial charge in [0.1, 0.15) is 0 Å². The van der Waals surface area contributed by atoms with Crippen molar-refractivity contribution in [1.29, 1.82) is 0 Å². The van der Waals surface area contributed by atoms with E-state index in [0.717, 1.165) is 23.7 Å². The Morgan fingerprint density at radius 3 is 1.37 bits per heavy atom. The molecule has 0 aromatic heterocycles. The number of halogens is 2. The van der Waals surface area contributed by atoms with Crippen LogP contribution in [0.4, 0.5) is 0 Å². The van der Waals surface area contributed by atoms with Crippen LogP contribution in [0.5, 0.6) is 0 Å². The first-order valence-electron chi connectivity index (χ1n) is 9.86. The summed E-state index contributed by atoms with van der Waals surface area (Å²) in [5, 5.41) is 0. The third-order valence-electron chi connectivity index (χ3n) is 5.53. The molecule has 0 bridgehead atoms. The Balaban J connectivity index is 0. The van der Waals surface area contributed by atoms with Crippen LogP contribution in [0.1, 0.15) is 25.7 Å². The van der Waals surface area contributed by atoms with Gasteiger partial charge in [0.05, 0.1) is 0 Å². The second-order valence-corrected chi connectivity index (χ2v) is 22.9. The molecule has 4 atom stereocenters. The summed E-state index contributed by atoms with van der Waals surface area (Å²) in [7, 11) is -0.101. The number of hydrogen-bond donors (Lipinski definition) is 0. The Bertz CT molecular complexity index is 421. The summed E-state index contributed by atoms with van der Waals surface area (Å²) in [6, 6.07) is 0. The van der Waals surface area contributed by atoms with E-state index in [2.05, 4.69) is 87.6 Å². The Kier molecular flexibility index (Phi) is 17.4. The Morgan fingerprint density at radius 1 is 0.741 bits per heavy atom. The topological polar surface area (TPSA) is 0 Å². The first kappa shape index (κ1) is 30.1. The largest absolute Gasteiger partial charge is 4.00 e. The Labute approximate surface area is 203 Å². The van der Waals surface area contributed by atoms with E-state index < -0.39 is 7.59 Å². The van der Waals surface area contributed by atoms with Crippen molar-refractivity contribution < 1.29 is 51.0 Å². The van der Waals surface area contributed by atoms with Crippen LogP contribution in [-0.2, 0) is 26.2 Å². The molecule has 0 aliphatic heterocycles. The van der Waals surface area contributed by atoms with E-state index in [4.69, 9.17) is 0 Å². The molecule has 0 aromatic carbocycles. The minimum atomic E-state index is -0.492. The van der Waals surface area contributed by atoms with Gasteiger partial charge in [0.2, 0.25) is 0 Å². The fourth-order valence-corrected chi connectivity index (χ4v) is 3.39. The fraction of sp³-hybridized carbons (Fsp3) is 0.545. The van der Waals surface area contributed by atoms with Crippen LogP contribution in [0.3, 0.4) is 0 Å². The fourth-order valence-electron chi connectivity index (χ4n) is 3.39. The Morgan fingerprint density at radius 2 is 1.07 bits per heavy atom. The van der Waals surface area contributed by atoms with E-state index >= 15 is 0 Å². The quantitative estimate of drug-likeness (QED) is 0.331. The van der Waals surface area contributed by atoms with Crippen LogP contribution >= 0.6 is 0 Å². The number of fused-ring (bicyclic) bond motifs is 2. The van der Waals surface area contributed by atoms with E-state index in [-0.39, 0.29) is 51.0 Å². The Hall–Kier alpha value is 0.857. The minimum Gasteiger partial charge on any atom is -1.00 e. The van der Waals surface area contributed by atoms with Gasteiger partial charge in [0, 0.05) is 16.6 Å². The van der Waals surface area contributed by atoms with E-state index in [1.54, 1.807) is 0 Å². The maximum atomic E-state index is 2.44. The number of rotatable bonds is 1. The average Bonchev–Trinajstić information content (AvgIpc) is 3.24. The molecule has 0 spiro atoms. The molecule has 2 fully saturated rings. The summed E-state index contributed by atoms with van der Waals surface area (Å²) in [6.07, 6.45) is 28.1. The number of allylic oxidation sites excluding steroid dienone is 8. The van der Waals surface area contributed by atoms with Crippen molar-refractivity contribution in [3.63, 3.8) is 0 Å². The first-order chi connectivity index (χ1) is 11.5. The van der Waals surface area contributed by atoms with Crippen LogP contribution < -0.4 is 24.8 Å². The minimum absolute atomic E-state index is 0. The van der Waals surface area contributed by atoms with Crippen LogP contribution in [0.25, 0.3) is 0 Å². The molecule has 0 nitrogen and oxygen atoms in total. The second kappa shape index (κ2) is 15.7. The molecule has 0 heterocycles. The van der Waals surface area contributed by atoms with Crippen molar-refractivity contribution in [2.75, 3.05) is 0 Å². The zero-order chi connectivity index (χ0) is 17.4. The van der Waals surface area contributed by atoms with Gasteiger partial charge in [-0.2, -0.15) is 12.8 Å². The van der Waals surface area contributed by atoms with Crippen LogP contribution in [0, 0.1) is 36.5 Å². The van der Waals surface area contributed by atoms with Gasteiger partial charge in [-0.3, -0.25) is 0 Å². The molecule has 4 aliphatic carbocycles. The summed E-state index contributed by atoms with van der Waals surface area (Å²) in [6.45, 7) is 9.74. The van der Waals surface area contributed by atoms with Gasteiger partial charge in [-0.25, -0.2) is 0 Å². The summed E-state index contributed by atoms with van der Waals surface area (Å²) in [5.41, 5.74) is 0. The van der Waals surface area contributed by atoms with Crippen LogP contribution in [-0.4, -0.2) is 16.6 Å². The summed E-state index contributed by atoms with van der Waals surface area (Å²) < 4.78 is 0. The molecular formula is C22H36Cl2Si2Zr. The van der Waals surface area contributed by atoms with Gasteiger partial charge in [-0.15, -0.1) is 24.0 Å². The predicted octanol–water partition coefficient (Wildman–Crippen LogP) is -0.271. The molecule has 27 heavy (non-hydrogen) atoms. The van der Waals surface area contributed by atoms with Gasteiger partial charge in [0.25, 0.3) is 0 Å². The van der Waals surface area contributed by atoms with E-state index in [1.807, 2.05) is 0 Å². The van der Waals surface area contributed by atoms with Gasteiger partial charge in [-0.1, -0.05) is 75.5 Å². The van der Waals surface area contributed by atoms with Crippen molar-refractivity contribution in [1.82, 2.24) is 0 Å². The van der Waals surface area contributed by atoms with Crippen molar-refractivity contribution >= 4 is 16.6 Å². The molecule has 4 aliphatic rings. The second-order valence-electron chi connectivity index (χ2n) is 8.56. The molecule has 150 valence electrons. The molecule has 4 unspecified atom stereocenters. The maximum absolute atomic E-state index is 2.44. The van der Waals surface area contributed by atoms with Crippen molar-refractivity contribution in [2.45, 2.75) is 51.9 Å². The maximum Gasteiger partial charge on any atom is 4.00 e. The van der Waals surface area contributed by atoms with Crippen LogP contribution in [0.2, 0.25) is 26.2 Å². The van der Waals surface area contributed by atoms with E-state index in [9.17, 15) is 0 Å². The molecule has 0 radical (unpaired) electrons. The first-order valence-corrected chi connectivity index (χ1v) is 17.1. The smallest absolute Gasteiger partial charge is 1.00 e. The zero-order valence-corrected chi connectivity index (χ0v) is 23.8. The van der Waals surface area contributed by atoms with Gasteiger partial charge in [0.15, 0.2) is 0 Å². The SMILES string of the molecule is C1=CC2[CH-]CCC2C=C1.C1=CC2[CH-]CCC2C=C1.C[SiH2][Si](C)(C)C.[Cl-].[Cl-].[Zr+4]. The monoisotopic (exact) mass is 516 g/mol. The average molecular weight is 519 g/mol.